The van der Waals surface area contributed by atoms with E-state index >= 15 is 0 Å². The summed E-state index contributed by atoms with van der Waals surface area (Å²) in [6.07, 6.45) is 1.37. The number of carbonyl (C=O) groups is 1. The van der Waals surface area contributed by atoms with Gasteiger partial charge in [0.15, 0.2) is 0 Å². The van der Waals surface area contributed by atoms with Crippen molar-refractivity contribution >= 4 is 5.91 Å². The second kappa shape index (κ2) is 9.17. The molecule has 3 nitrogen and oxygen atoms in total. The Morgan fingerprint density at radius 2 is 1.91 bits per heavy atom. The van der Waals surface area contributed by atoms with Crippen LogP contribution in [0, 0.1) is 0 Å². The maximum absolute atomic E-state index is 9.82. The number of primary amides is 1. The molecule has 0 fully saturated rings. The Hall–Kier alpha value is -0.830. The van der Waals surface area contributed by atoms with Crippen LogP contribution in [0.3, 0.4) is 0 Å². The Morgan fingerprint density at radius 3 is 1.91 bits per heavy atom. The fourth-order valence-electron chi connectivity index (χ4n) is 0.246. The molecular weight excluding hydrogens is 140 g/mol. The predicted octanol–water partition coefficient (Wildman–Crippen LogP) is 0.793. The van der Waals surface area contributed by atoms with Gasteiger partial charge in [-0.15, -0.1) is 0 Å². The number of hydrogen-bond donors (Lipinski definition) is 2. The summed E-state index contributed by atoms with van der Waals surface area (Å²) < 4.78 is 0. The van der Waals surface area contributed by atoms with Crippen molar-refractivity contribution in [2.24, 2.45) is 11.5 Å². The first-order valence-electron chi connectivity index (χ1n) is 3.67. The van der Waals surface area contributed by atoms with Crippen molar-refractivity contribution in [3.8, 4) is 0 Å². The second-order valence-electron chi connectivity index (χ2n) is 2.38. The Bertz CT molecular complexity index is 121. The van der Waals surface area contributed by atoms with Crippen LogP contribution in [0.15, 0.2) is 12.2 Å². The van der Waals surface area contributed by atoms with Gasteiger partial charge in [0.2, 0.25) is 5.91 Å². The van der Waals surface area contributed by atoms with Crippen molar-refractivity contribution < 1.29 is 4.79 Å². The van der Waals surface area contributed by atoms with E-state index in [1.807, 2.05) is 13.8 Å². The van der Waals surface area contributed by atoms with Crippen molar-refractivity contribution in [2.45, 2.75) is 26.7 Å². The molecule has 1 amide bonds. The van der Waals surface area contributed by atoms with Gasteiger partial charge in [-0.2, -0.15) is 0 Å². The number of hydrogen-bond acceptors (Lipinski definition) is 2. The minimum absolute atomic E-state index is 0.211. The van der Waals surface area contributed by atoms with Gasteiger partial charge in [0.25, 0.3) is 0 Å². The van der Waals surface area contributed by atoms with E-state index in [4.69, 9.17) is 11.5 Å². The van der Waals surface area contributed by atoms with E-state index in [1.165, 1.54) is 0 Å². The van der Waals surface area contributed by atoms with E-state index in [0.717, 1.165) is 12.0 Å². The van der Waals surface area contributed by atoms with Crippen molar-refractivity contribution in [3.63, 3.8) is 0 Å². The summed E-state index contributed by atoms with van der Waals surface area (Å²) in [5.41, 5.74) is 10.9. The highest BCUT2D eigenvalue weighted by molar-refractivity contribution is 5.73. The van der Waals surface area contributed by atoms with Gasteiger partial charge in [0.05, 0.1) is 0 Å². The average molecular weight is 158 g/mol. The normalized spacial score (nSPS) is 7.91. The van der Waals surface area contributed by atoms with Gasteiger partial charge in [0.1, 0.15) is 0 Å². The van der Waals surface area contributed by atoms with E-state index in [2.05, 4.69) is 6.58 Å². The van der Waals surface area contributed by atoms with Gasteiger partial charge in [-0.1, -0.05) is 19.1 Å². The third-order valence-corrected chi connectivity index (χ3v) is 0.845. The molecule has 0 saturated carbocycles. The highest BCUT2D eigenvalue weighted by atomic mass is 16.1. The third kappa shape index (κ3) is 27.1. The largest absolute Gasteiger partial charge is 0.370 e. The van der Waals surface area contributed by atoms with Crippen molar-refractivity contribution in [1.82, 2.24) is 0 Å². The van der Waals surface area contributed by atoms with Crippen LogP contribution in [-0.2, 0) is 4.79 Å². The Labute approximate surface area is 68.5 Å². The van der Waals surface area contributed by atoms with Crippen LogP contribution in [0.2, 0.25) is 0 Å². The molecule has 0 atom stereocenters. The number of rotatable bonds is 3. The lowest BCUT2D eigenvalue weighted by atomic mass is 10.3. The molecule has 0 heterocycles. The molecule has 0 saturated heterocycles. The summed E-state index contributed by atoms with van der Waals surface area (Å²) in [7, 11) is 0. The molecule has 0 aromatic rings. The summed E-state index contributed by atoms with van der Waals surface area (Å²) >= 11 is 0. The fraction of sp³-hybridized carbons (Fsp3) is 0.625. The second-order valence-corrected chi connectivity index (χ2v) is 2.38. The lowest BCUT2D eigenvalue weighted by Crippen LogP contribution is -2.08. The van der Waals surface area contributed by atoms with Crippen LogP contribution in [0.1, 0.15) is 26.7 Å². The van der Waals surface area contributed by atoms with Gasteiger partial charge in [-0.05, 0) is 13.3 Å². The van der Waals surface area contributed by atoms with Gasteiger partial charge < -0.3 is 11.5 Å². The highest BCUT2D eigenvalue weighted by Gasteiger charge is 1.84. The van der Waals surface area contributed by atoms with Crippen molar-refractivity contribution in [2.75, 3.05) is 6.54 Å². The van der Waals surface area contributed by atoms with E-state index < -0.39 is 0 Å². The first-order chi connectivity index (χ1) is 5.04. The van der Waals surface area contributed by atoms with Crippen LogP contribution in [0.5, 0.6) is 0 Å². The molecule has 0 bridgehead atoms. The Morgan fingerprint density at radius 1 is 1.55 bits per heavy atom. The molecule has 0 spiro atoms. The number of nitrogens with two attached hydrogens (primary N) is 2. The molecule has 0 rings (SSSR count). The van der Waals surface area contributed by atoms with E-state index in [1.54, 1.807) is 0 Å². The molecule has 0 aromatic heterocycles. The van der Waals surface area contributed by atoms with Crippen molar-refractivity contribution in [1.29, 1.82) is 0 Å². The SMILES string of the molecule is C=C(C)CN.CCCC(N)=O. The zero-order chi connectivity index (χ0) is 9.28. The minimum Gasteiger partial charge on any atom is -0.370 e. The molecule has 0 aromatic carbocycles. The Kier molecular flexibility index (Phi) is 10.7. The third-order valence-electron chi connectivity index (χ3n) is 0.845. The summed E-state index contributed by atoms with van der Waals surface area (Å²) in [6, 6.07) is 0. The first-order valence-corrected chi connectivity index (χ1v) is 3.67. The average Bonchev–Trinajstić information content (AvgIpc) is 1.89. The lowest BCUT2D eigenvalue weighted by molar-refractivity contribution is -0.118. The van der Waals surface area contributed by atoms with Crippen LogP contribution in [-0.4, -0.2) is 12.5 Å². The molecule has 0 aliphatic heterocycles. The zero-order valence-electron chi connectivity index (χ0n) is 7.39. The lowest BCUT2D eigenvalue weighted by Gasteiger charge is -1.81. The summed E-state index contributed by atoms with van der Waals surface area (Å²) in [5, 5.41) is 0. The maximum Gasteiger partial charge on any atom is 0.217 e. The molecule has 66 valence electrons. The van der Waals surface area contributed by atoms with Gasteiger partial charge in [-0.3, -0.25) is 4.79 Å². The van der Waals surface area contributed by atoms with Crippen LogP contribution in [0.25, 0.3) is 0 Å². The highest BCUT2D eigenvalue weighted by Crippen LogP contribution is 1.79. The van der Waals surface area contributed by atoms with Crippen molar-refractivity contribution in [3.05, 3.63) is 12.2 Å². The topological polar surface area (TPSA) is 69.1 Å². The number of carbonyl (C=O) groups excluding carboxylic acids is 1. The van der Waals surface area contributed by atoms with Gasteiger partial charge in [-0.25, -0.2) is 0 Å². The van der Waals surface area contributed by atoms with Crippen LogP contribution < -0.4 is 11.5 Å². The summed E-state index contributed by atoms with van der Waals surface area (Å²) in [5.74, 6) is -0.211. The quantitative estimate of drug-likeness (QED) is 0.596. The molecule has 0 unspecified atom stereocenters. The van der Waals surface area contributed by atoms with Crippen LogP contribution in [0.4, 0.5) is 0 Å². The number of amides is 1. The summed E-state index contributed by atoms with van der Waals surface area (Å²) in [6.45, 7) is 7.98. The van der Waals surface area contributed by atoms with E-state index in [9.17, 15) is 4.79 Å². The fourth-order valence-corrected chi connectivity index (χ4v) is 0.246. The first kappa shape index (κ1) is 12.8. The molecular formula is C8H18N2O. The molecule has 11 heavy (non-hydrogen) atoms. The molecule has 3 heteroatoms. The molecule has 0 aliphatic rings. The monoisotopic (exact) mass is 158 g/mol. The predicted molar refractivity (Wildman–Crippen MR) is 48.0 cm³/mol. The van der Waals surface area contributed by atoms with E-state index in [0.29, 0.717) is 13.0 Å². The zero-order valence-corrected chi connectivity index (χ0v) is 7.39. The minimum atomic E-state index is -0.211. The van der Waals surface area contributed by atoms with Gasteiger partial charge in [0, 0.05) is 13.0 Å². The summed E-state index contributed by atoms with van der Waals surface area (Å²) in [4.78, 5) is 9.82. The molecule has 0 aliphatic carbocycles. The van der Waals surface area contributed by atoms with Gasteiger partial charge >= 0.3 is 0 Å². The maximum atomic E-state index is 9.82. The smallest absolute Gasteiger partial charge is 0.217 e. The standard InChI is InChI=1S/C4H9NO.C4H9N/c1-2-3-4(5)6;1-4(2)3-5/h2-3H2,1H3,(H2,5,6);1,3,5H2,2H3. The Balaban J connectivity index is 0. The van der Waals surface area contributed by atoms with Crippen LogP contribution >= 0.6 is 0 Å². The molecule has 4 N–H and O–H groups in total. The molecule has 0 radical (unpaired) electrons. The van der Waals surface area contributed by atoms with E-state index in [-0.39, 0.29) is 5.91 Å².